The minimum Gasteiger partial charge on any atom is -0.398 e. The molecule has 2 aromatic carbocycles. The lowest BCUT2D eigenvalue weighted by atomic mass is 9.95. The summed E-state index contributed by atoms with van der Waals surface area (Å²) in [6.45, 7) is 0.848. The van der Waals surface area contributed by atoms with Gasteiger partial charge < -0.3 is 16.2 Å². The van der Waals surface area contributed by atoms with Crippen molar-refractivity contribution in [2.24, 2.45) is 0 Å². The Labute approximate surface area is 113 Å². The molecular weight excluding hydrogens is 236 g/mol. The zero-order valence-electron chi connectivity index (χ0n) is 10.8. The monoisotopic (exact) mass is 254 g/mol. The van der Waals surface area contributed by atoms with Crippen molar-refractivity contribution in [2.75, 3.05) is 18.1 Å². The van der Waals surface area contributed by atoms with Gasteiger partial charge in [0.1, 0.15) is 0 Å². The second kappa shape index (κ2) is 4.94. The maximum absolute atomic E-state index is 6.10. The highest BCUT2D eigenvalue weighted by Crippen LogP contribution is 2.27. The van der Waals surface area contributed by atoms with E-state index in [9.17, 15) is 0 Å². The number of hydrogen-bond acceptors (Lipinski definition) is 3. The van der Waals surface area contributed by atoms with E-state index in [1.165, 1.54) is 11.1 Å². The smallest absolute Gasteiger partial charge is 0.0851 e. The van der Waals surface area contributed by atoms with E-state index in [0.717, 1.165) is 36.4 Å². The number of anilines is 2. The van der Waals surface area contributed by atoms with E-state index in [-0.39, 0.29) is 0 Å². The van der Waals surface area contributed by atoms with Gasteiger partial charge in [-0.3, -0.25) is 0 Å². The second-order valence-corrected chi connectivity index (χ2v) is 5.02. The highest BCUT2D eigenvalue weighted by atomic mass is 16.6. The Morgan fingerprint density at radius 2 is 1.63 bits per heavy atom. The van der Waals surface area contributed by atoms with Gasteiger partial charge in [0.2, 0.25) is 0 Å². The lowest BCUT2D eigenvalue weighted by Gasteiger charge is -2.12. The third-order valence-corrected chi connectivity index (χ3v) is 3.58. The van der Waals surface area contributed by atoms with Crippen LogP contribution in [0.15, 0.2) is 42.5 Å². The van der Waals surface area contributed by atoms with Gasteiger partial charge in [0, 0.05) is 17.8 Å². The predicted octanol–water partition coefficient (Wildman–Crippen LogP) is 2.38. The topological polar surface area (TPSA) is 64.6 Å². The van der Waals surface area contributed by atoms with E-state index in [0.29, 0.717) is 6.10 Å². The molecular formula is C16H18N2O. The van der Waals surface area contributed by atoms with Crippen molar-refractivity contribution in [3.63, 3.8) is 0 Å². The summed E-state index contributed by atoms with van der Waals surface area (Å²) in [5.74, 6) is 0. The van der Waals surface area contributed by atoms with Crippen LogP contribution in [0.1, 0.15) is 16.7 Å². The first-order valence-corrected chi connectivity index (χ1v) is 6.55. The molecule has 1 aliphatic rings. The lowest BCUT2D eigenvalue weighted by molar-refractivity contribution is 0.407. The first-order valence-electron chi connectivity index (χ1n) is 6.55. The molecule has 0 saturated carbocycles. The van der Waals surface area contributed by atoms with Crippen molar-refractivity contribution in [1.29, 1.82) is 0 Å². The Morgan fingerprint density at radius 3 is 2.37 bits per heavy atom. The average molecular weight is 254 g/mol. The summed E-state index contributed by atoms with van der Waals surface area (Å²) in [6, 6.07) is 14.1. The zero-order valence-corrected chi connectivity index (χ0v) is 10.8. The van der Waals surface area contributed by atoms with E-state index in [2.05, 4.69) is 12.1 Å². The van der Waals surface area contributed by atoms with Gasteiger partial charge in [0.05, 0.1) is 12.7 Å². The van der Waals surface area contributed by atoms with Gasteiger partial charge in [-0.05, 0) is 35.2 Å². The molecule has 1 fully saturated rings. The highest BCUT2D eigenvalue weighted by Gasteiger charge is 2.24. The van der Waals surface area contributed by atoms with E-state index in [1.807, 2.05) is 30.3 Å². The summed E-state index contributed by atoms with van der Waals surface area (Å²) in [4.78, 5) is 0. The lowest BCUT2D eigenvalue weighted by Crippen LogP contribution is -2.05. The van der Waals surface area contributed by atoms with Crippen molar-refractivity contribution < 1.29 is 4.74 Å². The fourth-order valence-corrected chi connectivity index (χ4v) is 2.38. The SMILES string of the molecule is Nc1ccccc1Cc1cccc(N)c1CC1CO1. The molecule has 19 heavy (non-hydrogen) atoms. The number of ether oxygens (including phenoxy) is 1. The number of rotatable bonds is 4. The maximum Gasteiger partial charge on any atom is 0.0851 e. The largest absolute Gasteiger partial charge is 0.398 e. The molecule has 0 aromatic heterocycles. The van der Waals surface area contributed by atoms with E-state index in [1.54, 1.807) is 0 Å². The summed E-state index contributed by atoms with van der Waals surface area (Å²) in [6.07, 6.45) is 2.06. The van der Waals surface area contributed by atoms with Crippen LogP contribution >= 0.6 is 0 Å². The van der Waals surface area contributed by atoms with Gasteiger partial charge in [-0.1, -0.05) is 30.3 Å². The Hall–Kier alpha value is -2.00. The van der Waals surface area contributed by atoms with E-state index >= 15 is 0 Å². The van der Waals surface area contributed by atoms with Crippen LogP contribution < -0.4 is 11.5 Å². The molecule has 3 nitrogen and oxygen atoms in total. The first-order chi connectivity index (χ1) is 9.24. The van der Waals surface area contributed by atoms with Crippen LogP contribution in [0.5, 0.6) is 0 Å². The number of epoxide rings is 1. The van der Waals surface area contributed by atoms with Crippen LogP contribution in [0.4, 0.5) is 11.4 Å². The minimum absolute atomic E-state index is 0.344. The van der Waals surface area contributed by atoms with Crippen LogP contribution in [0.3, 0.4) is 0 Å². The summed E-state index contributed by atoms with van der Waals surface area (Å²) in [5, 5.41) is 0. The fraction of sp³-hybridized carbons (Fsp3) is 0.250. The van der Waals surface area contributed by atoms with E-state index in [4.69, 9.17) is 16.2 Å². The third-order valence-electron chi connectivity index (χ3n) is 3.58. The molecule has 0 amide bonds. The van der Waals surface area contributed by atoms with Gasteiger partial charge in [-0.25, -0.2) is 0 Å². The van der Waals surface area contributed by atoms with Crippen molar-refractivity contribution in [2.45, 2.75) is 18.9 Å². The maximum atomic E-state index is 6.10. The summed E-state index contributed by atoms with van der Waals surface area (Å²) < 4.78 is 5.32. The minimum atomic E-state index is 0.344. The van der Waals surface area contributed by atoms with Crippen molar-refractivity contribution in [3.05, 3.63) is 59.2 Å². The number of hydrogen-bond donors (Lipinski definition) is 2. The summed E-state index contributed by atoms with van der Waals surface area (Å²) in [5.41, 5.74) is 17.4. The highest BCUT2D eigenvalue weighted by molar-refractivity contribution is 5.55. The number of benzene rings is 2. The number of para-hydroxylation sites is 1. The molecule has 1 atom stereocenters. The molecule has 0 bridgehead atoms. The summed E-state index contributed by atoms with van der Waals surface area (Å²) >= 11 is 0. The van der Waals surface area contributed by atoms with Crippen LogP contribution in [0.2, 0.25) is 0 Å². The van der Waals surface area contributed by atoms with Crippen molar-refractivity contribution in [3.8, 4) is 0 Å². The van der Waals surface area contributed by atoms with Gasteiger partial charge in [-0.2, -0.15) is 0 Å². The molecule has 0 radical (unpaired) electrons. The normalized spacial score (nSPS) is 17.4. The molecule has 1 unspecified atom stereocenters. The average Bonchev–Trinajstić information content (AvgIpc) is 3.20. The van der Waals surface area contributed by atoms with Crippen LogP contribution in [0.25, 0.3) is 0 Å². The Morgan fingerprint density at radius 1 is 0.947 bits per heavy atom. The molecule has 1 heterocycles. The Balaban J connectivity index is 1.91. The number of nitrogen functional groups attached to an aromatic ring is 2. The molecule has 2 aromatic rings. The van der Waals surface area contributed by atoms with Gasteiger partial charge in [0.25, 0.3) is 0 Å². The number of nitrogens with two attached hydrogens (primary N) is 2. The first kappa shape index (κ1) is 12.1. The Bertz CT molecular complexity index is 591. The fourth-order valence-electron chi connectivity index (χ4n) is 2.38. The molecule has 3 heteroatoms. The van der Waals surface area contributed by atoms with Crippen LogP contribution in [0, 0.1) is 0 Å². The van der Waals surface area contributed by atoms with Gasteiger partial charge in [-0.15, -0.1) is 0 Å². The van der Waals surface area contributed by atoms with Crippen molar-refractivity contribution >= 4 is 11.4 Å². The van der Waals surface area contributed by atoms with E-state index < -0.39 is 0 Å². The molecule has 0 spiro atoms. The molecule has 1 aliphatic heterocycles. The van der Waals surface area contributed by atoms with Crippen LogP contribution in [-0.2, 0) is 17.6 Å². The standard InChI is InChI=1S/C16H18N2O/c17-15-6-2-1-4-12(15)8-11-5-3-7-16(18)14(11)9-13-10-19-13/h1-7,13H,8-10,17-18H2. The molecule has 98 valence electrons. The predicted molar refractivity (Wildman–Crippen MR) is 78.0 cm³/mol. The Kier molecular flexibility index (Phi) is 3.13. The zero-order chi connectivity index (χ0) is 13.2. The van der Waals surface area contributed by atoms with Crippen LogP contribution in [-0.4, -0.2) is 12.7 Å². The molecule has 1 saturated heterocycles. The molecule has 3 rings (SSSR count). The quantitative estimate of drug-likeness (QED) is 0.650. The second-order valence-electron chi connectivity index (χ2n) is 5.02. The molecule has 0 aliphatic carbocycles. The third kappa shape index (κ3) is 2.71. The van der Waals surface area contributed by atoms with Gasteiger partial charge >= 0.3 is 0 Å². The molecule has 4 N–H and O–H groups in total. The summed E-state index contributed by atoms with van der Waals surface area (Å²) in [7, 11) is 0. The van der Waals surface area contributed by atoms with Crippen molar-refractivity contribution in [1.82, 2.24) is 0 Å². The van der Waals surface area contributed by atoms with Gasteiger partial charge in [0.15, 0.2) is 0 Å².